The molecule has 0 saturated heterocycles. The molecule has 2 aromatic carbocycles. The van der Waals surface area contributed by atoms with Crippen LogP contribution in [0.4, 0.5) is 11.6 Å². The molecule has 0 aliphatic heterocycles. The van der Waals surface area contributed by atoms with Crippen molar-refractivity contribution in [1.29, 1.82) is 0 Å². The summed E-state index contributed by atoms with van der Waals surface area (Å²) in [6.07, 6.45) is 0. The van der Waals surface area contributed by atoms with Crippen molar-refractivity contribution in [2.75, 3.05) is 5.32 Å². The van der Waals surface area contributed by atoms with Crippen LogP contribution in [-0.4, -0.2) is 24.5 Å². The second kappa shape index (κ2) is 6.71. The zero-order valence-corrected chi connectivity index (χ0v) is 14.0. The van der Waals surface area contributed by atoms with Gasteiger partial charge in [0.2, 0.25) is 5.95 Å². The number of hydrogen-bond acceptors (Lipinski definition) is 6. The Morgan fingerprint density at radius 2 is 1.89 bits per heavy atom. The van der Waals surface area contributed by atoms with Crippen LogP contribution in [0.5, 0.6) is 0 Å². The average Bonchev–Trinajstić information content (AvgIpc) is 3.11. The van der Waals surface area contributed by atoms with E-state index in [9.17, 15) is 14.9 Å². The van der Waals surface area contributed by atoms with Gasteiger partial charge in [0.1, 0.15) is 0 Å². The summed E-state index contributed by atoms with van der Waals surface area (Å²) in [7, 11) is 0. The van der Waals surface area contributed by atoms with Gasteiger partial charge in [0.15, 0.2) is 0 Å². The topological polar surface area (TPSA) is 118 Å². The van der Waals surface area contributed by atoms with E-state index in [1.807, 2.05) is 30.3 Å². The number of rotatable bonds is 5. The third kappa shape index (κ3) is 3.38. The highest BCUT2D eigenvalue weighted by molar-refractivity contribution is 5.60. The van der Waals surface area contributed by atoms with Crippen molar-refractivity contribution < 1.29 is 4.92 Å². The fraction of sp³-hybridized carbons (Fsp3) is 0.0556. The molecule has 4 rings (SSSR count). The van der Waals surface area contributed by atoms with Gasteiger partial charge in [-0.25, -0.2) is 4.98 Å². The zero-order chi connectivity index (χ0) is 18.8. The third-order valence-electron chi connectivity index (χ3n) is 3.98. The minimum absolute atomic E-state index is 0.0179. The summed E-state index contributed by atoms with van der Waals surface area (Å²) in [5.74, 6) is 0.583. The second-order valence-electron chi connectivity index (χ2n) is 5.83. The van der Waals surface area contributed by atoms with E-state index >= 15 is 0 Å². The number of fused-ring (bicyclic) bond motifs is 1. The summed E-state index contributed by atoms with van der Waals surface area (Å²) in [5.41, 5.74) is 1.82. The van der Waals surface area contributed by atoms with E-state index in [2.05, 4.69) is 20.4 Å². The summed E-state index contributed by atoms with van der Waals surface area (Å²) < 4.78 is 1.24. The first kappa shape index (κ1) is 16.5. The summed E-state index contributed by atoms with van der Waals surface area (Å²) >= 11 is 0. The van der Waals surface area contributed by atoms with E-state index in [1.165, 1.54) is 22.7 Å². The number of aromatic amines is 1. The smallest absolute Gasteiger partial charge is 0.274 e. The van der Waals surface area contributed by atoms with Gasteiger partial charge in [-0.1, -0.05) is 42.5 Å². The Labute approximate surface area is 152 Å². The van der Waals surface area contributed by atoms with Crippen molar-refractivity contribution in [3.63, 3.8) is 0 Å². The first-order valence-corrected chi connectivity index (χ1v) is 8.12. The number of nitro benzene ring substituents is 1. The highest BCUT2D eigenvalue weighted by Gasteiger charge is 2.10. The van der Waals surface area contributed by atoms with Crippen molar-refractivity contribution in [1.82, 2.24) is 19.6 Å². The van der Waals surface area contributed by atoms with Gasteiger partial charge >= 0.3 is 0 Å². The number of nitro groups is 1. The van der Waals surface area contributed by atoms with Gasteiger partial charge in [-0.15, -0.1) is 0 Å². The Kier molecular flexibility index (Phi) is 4.09. The van der Waals surface area contributed by atoms with Crippen LogP contribution in [0.1, 0.15) is 5.56 Å². The van der Waals surface area contributed by atoms with Crippen molar-refractivity contribution in [3.05, 3.63) is 86.7 Å². The van der Waals surface area contributed by atoms with Crippen molar-refractivity contribution in [3.8, 4) is 11.3 Å². The first-order valence-electron chi connectivity index (χ1n) is 8.12. The number of nitrogens with zero attached hydrogens (tertiary/aromatic N) is 4. The van der Waals surface area contributed by atoms with E-state index in [1.54, 1.807) is 12.1 Å². The quantitative estimate of drug-likeness (QED) is 0.416. The predicted octanol–water partition coefficient (Wildman–Crippen LogP) is 2.60. The number of H-pyrrole nitrogens is 1. The average molecular weight is 362 g/mol. The van der Waals surface area contributed by atoms with E-state index in [-0.39, 0.29) is 17.0 Å². The standard InChI is InChI=1S/C18H14N6O3/c25-16-10-15(13-6-2-1-3-7-13)20-18-21-17(22-23(16)18)19-11-12-5-4-8-14(9-12)24(26)27/h1-10H,11H2,(H2,19,20,21,22). The highest BCUT2D eigenvalue weighted by Crippen LogP contribution is 2.16. The molecule has 0 fully saturated rings. The van der Waals surface area contributed by atoms with Crippen molar-refractivity contribution in [2.45, 2.75) is 6.54 Å². The molecule has 2 heterocycles. The van der Waals surface area contributed by atoms with Crippen LogP contribution in [0, 0.1) is 10.1 Å². The van der Waals surface area contributed by atoms with Crippen LogP contribution in [0.3, 0.4) is 0 Å². The maximum absolute atomic E-state index is 12.3. The van der Waals surface area contributed by atoms with Crippen LogP contribution in [-0.2, 0) is 6.54 Å². The van der Waals surface area contributed by atoms with Gasteiger partial charge in [-0.3, -0.25) is 20.0 Å². The van der Waals surface area contributed by atoms with Gasteiger partial charge in [-0.2, -0.15) is 9.50 Å². The lowest BCUT2D eigenvalue weighted by Crippen LogP contribution is -2.14. The molecule has 0 spiro atoms. The molecular formula is C18H14N6O3. The van der Waals surface area contributed by atoms with Crippen molar-refractivity contribution in [2.24, 2.45) is 0 Å². The SMILES string of the molecule is O=c1cc(-c2ccccc2)nc2nc(NCc3cccc([N+](=O)[O-])c3)[nH]n12. The molecular weight excluding hydrogens is 348 g/mol. The number of anilines is 1. The molecule has 9 heteroatoms. The molecule has 0 saturated carbocycles. The molecule has 27 heavy (non-hydrogen) atoms. The molecule has 0 amide bonds. The summed E-state index contributed by atoms with van der Waals surface area (Å²) in [6, 6.07) is 17.1. The van der Waals surface area contributed by atoms with Gasteiger partial charge < -0.3 is 5.32 Å². The normalized spacial score (nSPS) is 10.8. The Morgan fingerprint density at radius 1 is 1.07 bits per heavy atom. The lowest BCUT2D eigenvalue weighted by molar-refractivity contribution is -0.384. The molecule has 134 valence electrons. The van der Waals surface area contributed by atoms with Crippen LogP contribution in [0.15, 0.2) is 65.5 Å². The Morgan fingerprint density at radius 3 is 2.67 bits per heavy atom. The van der Waals surface area contributed by atoms with E-state index in [4.69, 9.17) is 0 Å². The summed E-state index contributed by atoms with van der Waals surface area (Å²) in [6.45, 7) is 0.307. The zero-order valence-electron chi connectivity index (χ0n) is 14.0. The molecule has 0 unspecified atom stereocenters. The lowest BCUT2D eigenvalue weighted by Gasteiger charge is -2.02. The number of aromatic nitrogens is 4. The van der Waals surface area contributed by atoms with Crippen LogP contribution in [0.2, 0.25) is 0 Å². The van der Waals surface area contributed by atoms with Crippen LogP contribution < -0.4 is 10.9 Å². The molecule has 4 aromatic rings. The monoisotopic (exact) mass is 362 g/mol. The molecule has 9 nitrogen and oxygen atoms in total. The third-order valence-corrected chi connectivity index (χ3v) is 3.98. The molecule has 2 N–H and O–H groups in total. The maximum Gasteiger partial charge on any atom is 0.274 e. The first-order chi connectivity index (χ1) is 13.1. The number of non-ortho nitro benzene ring substituents is 1. The summed E-state index contributed by atoms with van der Waals surface area (Å²) in [4.78, 5) is 31.4. The number of hydrogen-bond donors (Lipinski definition) is 2. The minimum atomic E-state index is -0.445. The highest BCUT2D eigenvalue weighted by atomic mass is 16.6. The van der Waals surface area contributed by atoms with E-state index in [0.29, 0.717) is 18.2 Å². The molecule has 2 aromatic heterocycles. The van der Waals surface area contributed by atoms with Gasteiger partial charge in [0.05, 0.1) is 10.6 Å². The van der Waals surface area contributed by atoms with Crippen molar-refractivity contribution >= 4 is 17.4 Å². The Balaban J connectivity index is 1.60. The molecule has 0 bridgehead atoms. The fourth-order valence-corrected chi connectivity index (χ4v) is 2.68. The predicted molar refractivity (Wildman–Crippen MR) is 99.5 cm³/mol. The van der Waals surface area contributed by atoms with Crippen LogP contribution >= 0.6 is 0 Å². The van der Waals surface area contributed by atoms with Gasteiger partial charge in [0.25, 0.3) is 17.0 Å². The second-order valence-corrected chi connectivity index (χ2v) is 5.83. The molecule has 0 radical (unpaired) electrons. The fourth-order valence-electron chi connectivity index (χ4n) is 2.68. The molecule has 0 aliphatic rings. The molecule has 0 atom stereocenters. The largest absolute Gasteiger partial charge is 0.351 e. The number of benzene rings is 2. The van der Waals surface area contributed by atoms with Crippen LogP contribution in [0.25, 0.3) is 17.0 Å². The van der Waals surface area contributed by atoms with Gasteiger partial charge in [0, 0.05) is 30.3 Å². The van der Waals surface area contributed by atoms with E-state index < -0.39 is 4.92 Å². The lowest BCUT2D eigenvalue weighted by atomic mass is 10.1. The minimum Gasteiger partial charge on any atom is -0.351 e. The summed E-state index contributed by atoms with van der Waals surface area (Å²) in [5, 5.41) is 16.7. The molecule has 0 aliphatic carbocycles. The van der Waals surface area contributed by atoms with Gasteiger partial charge in [-0.05, 0) is 5.56 Å². The van der Waals surface area contributed by atoms with E-state index in [0.717, 1.165) is 11.1 Å². The Hall–Kier alpha value is -4.01. The number of nitrogens with one attached hydrogen (secondary N) is 2. The Bertz CT molecular complexity index is 1180. The maximum atomic E-state index is 12.3.